The number of halogens is 1. The Morgan fingerprint density at radius 1 is 1.35 bits per heavy atom. The molecule has 23 heavy (non-hydrogen) atoms. The van der Waals surface area contributed by atoms with Gasteiger partial charge in [0.25, 0.3) is 5.69 Å². The summed E-state index contributed by atoms with van der Waals surface area (Å²) in [4.78, 5) is 14.1. The minimum absolute atomic E-state index is 0.108. The summed E-state index contributed by atoms with van der Waals surface area (Å²) < 4.78 is 0. The van der Waals surface area contributed by atoms with E-state index in [1.54, 1.807) is 0 Å². The number of nitrogens with one attached hydrogen (secondary N) is 1. The van der Waals surface area contributed by atoms with Gasteiger partial charge in [-0.05, 0) is 17.5 Å². The molecule has 1 aromatic carbocycles. The van der Waals surface area contributed by atoms with E-state index < -0.39 is 4.92 Å². The van der Waals surface area contributed by atoms with Gasteiger partial charge in [0, 0.05) is 37.1 Å². The molecule has 3 rings (SSSR count). The van der Waals surface area contributed by atoms with Gasteiger partial charge in [-0.15, -0.1) is 11.3 Å². The molecule has 1 saturated heterocycles. The molecule has 0 aliphatic carbocycles. The highest BCUT2D eigenvalue weighted by Crippen LogP contribution is 2.44. The van der Waals surface area contributed by atoms with Crippen LogP contribution in [0, 0.1) is 10.1 Å². The number of benzene rings is 1. The average Bonchev–Trinajstić information content (AvgIpc) is 3.07. The van der Waals surface area contributed by atoms with Crippen LogP contribution in [0.2, 0.25) is 5.02 Å². The molecular formula is C15H16ClN3O3S. The molecule has 0 amide bonds. The second kappa shape index (κ2) is 6.84. The number of phenols is 1. The summed E-state index contributed by atoms with van der Waals surface area (Å²) in [6, 6.07) is 6.18. The van der Waals surface area contributed by atoms with Crippen molar-refractivity contribution in [3.05, 3.63) is 55.2 Å². The maximum atomic E-state index is 11.5. The normalized spacial score (nSPS) is 17.1. The van der Waals surface area contributed by atoms with E-state index in [1.807, 2.05) is 17.5 Å². The Morgan fingerprint density at radius 3 is 2.70 bits per heavy atom. The van der Waals surface area contributed by atoms with Gasteiger partial charge >= 0.3 is 0 Å². The molecule has 6 nitrogen and oxygen atoms in total. The summed E-state index contributed by atoms with van der Waals surface area (Å²) in [5.41, 5.74) is 0.163. The minimum Gasteiger partial charge on any atom is -0.506 e. The van der Waals surface area contributed by atoms with Crippen LogP contribution < -0.4 is 5.32 Å². The van der Waals surface area contributed by atoms with Gasteiger partial charge in [-0.2, -0.15) is 0 Å². The van der Waals surface area contributed by atoms with Crippen molar-refractivity contribution in [2.24, 2.45) is 0 Å². The number of nitrogens with zero attached hydrogens (tertiary/aromatic N) is 2. The maximum absolute atomic E-state index is 11.5. The van der Waals surface area contributed by atoms with Gasteiger partial charge < -0.3 is 10.4 Å². The fourth-order valence-corrected chi connectivity index (χ4v) is 3.92. The summed E-state index contributed by atoms with van der Waals surface area (Å²) in [6.07, 6.45) is 0. The molecule has 0 spiro atoms. The molecule has 122 valence electrons. The fourth-order valence-electron chi connectivity index (χ4n) is 2.89. The molecule has 2 N–H and O–H groups in total. The van der Waals surface area contributed by atoms with Gasteiger partial charge in [0.15, 0.2) is 0 Å². The first-order valence-electron chi connectivity index (χ1n) is 7.23. The van der Waals surface area contributed by atoms with Gasteiger partial charge in [0.1, 0.15) is 5.75 Å². The highest BCUT2D eigenvalue weighted by atomic mass is 35.5. The zero-order valence-electron chi connectivity index (χ0n) is 12.2. The van der Waals surface area contributed by atoms with Crippen LogP contribution in [0.15, 0.2) is 29.6 Å². The zero-order valence-corrected chi connectivity index (χ0v) is 13.8. The topological polar surface area (TPSA) is 78.6 Å². The Labute approximate surface area is 142 Å². The summed E-state index contributed by atoms with van der Waals surface area (Å²) in [7, 11) is 0. The van der Waals surface area contributed by atoms with E-state index in [0.29, 0.717) is 0 Å². The number of rotatable bonds is 4. The molecule has 1 aliphatic heterocycles. The molecule has 1 aromatic heterocycles. The quantitative estimate of drug-likeness (QED) is 0.652. The first kappa shape index (κ1) is 16.2. The summed E-state index contributed by atoms with van der Waals surface area (Å²) in [5.74, 6) is -0.210. The van der Waals surface area contributed by atoms with E-state index in [-0.39, 0.29) is 28.1 Å². The largest absolute Gasteiger partial charge is 0.506 e. The predicted octanol–water partition coefficient (Wildman–Crippen LogP) is 3.01. The summed E-state index contributed by atoms with van der Waals surface area (Å²) in [5, 5.41) is 27.2. The number of phenolic OH excluding ortho intramolecular Hbond substituents is 1. The van der Waals surface area contributed by atoms with Crippen LogP contribution in [0.5, 0.6) is 5.75 Å². The number of nitro benzene ring substituents is 1. The predicted molar refractivity (Wildman–Crippen MR) is 90.4 cm³/mol. The third-order valence-electron chi connectivity index (χ3n) is 3.94. The van der Waals surface area contributed by atoms with E-state index in [0.717, 1.165) is 31.1 Å². The number of hydrogen-bond acceptors (Lipinski definition) is 6. The van der Waals surface area contributed by atoms with Crippen LogP contribution in [0.25, 0.3) is 0 Å². The molecule has 1 atom stereocenters. The molecule has 1 fully saturated rings. The second-order valence-electron chi connectivity index (χ2n) is 5.29. The first-order chi connectivity index (χ1) is 11.1. The van der Waals surface area contributed by atoms with Gasteiger partial charge in [-0.3, -0.25) is 15.0 Å². The van der Waals surface area contributed by atoms with Crippen molar-refractivity contribution < 1.29 is 10.0 Å². The molecule has 0 radical (unpaired) electrons. The van der Waals surface area contributed by atoms with Gasteiger partial charge in [0.05, 0.1) is 21.6 Å². The van der Waals surface area contributed by atoms with E-state index >= 15 is 0 Å². The molecular weight excluding hydrogens is 338 g/mol. The molecule has 1 aliphatic rings. The lowest BCUT2D eigenvalue weighted by Crippen LogP contribution is -2.45. The number of aromatic hydroxyl groups is 1. The first-order valence-corrected chi connectivity index (χ1v) is 8.49. The molecule has 0 unspecified atom stereocenters. The lowest BCUT2D eigenvalue weighted by Gasteiger charge is -2.34. The Kier molecular flexibility index (Phi) is 4.82. The molecule has 0 bridgehead atoms. The smallest absolute Gasteiger partial charge is 0.278 e. The van der Waals surface area contributed by atoms with Crippen molar-refractivity contribution in [3.8, 4) is 5.75 Å². The van der Waals surface area contributed by atoms with Gasteiger partial charge in [-0.1, -0.05) is 17.7 Å². The molecule has 8 heteroatoms. The van der Waals surface area contributed by atoms with Crippen molar-refractivity contribution in [1.82, 2.24) is 10.2 Å². The Balaban J connectivity index is 2.17. The summed E-state index contributed by atoms with van der Waals surface area (Å²) in [6.45, 7) is 3.09. The zero-order chi connectivity index (χ0) is 16.4. The lowest BCUT2D eigenvalue weighted by atomic mass is 9.99. The maximum Gasteiger partial charge on any atom is 0.278 e. The standard InChI is InChI=1S/C15H16ClN3O3S/c16-10-3-4-11(19(21)22)13(15(10)20)14(12-2-1-9-23-12)18-7-5-17-6-8-18/h1-4,9,14,17,20H,5-8H2/t14-/m1/s1. The van der Waals surface area contributed by atoms with Crippen molar-refractivity contribution in [1.29, 1.82) is 0 Å². The van der Waals surface area contributed by atoms with Crippen LogP contribution in [0.4, 0.5) is 5.69 Å². The molecule has 2 heterocycles. The monoisotopic (exact) mass is 353 g/mol. The van der Waals surface area contributed by atoms with Crippen molar-refractivity contribution in [3.63, 3.8) is 0 Å². The van der Waals surface area contributed by atoms with E-state index in [1.165, 1.54) is 23.5 Å². The van der Waals surface area contributed by atoms with Crippen LogP contribution in [0.1, 0.15) is 16.5 Å². The lowest BCUT2D eigenvalue weighted by molar-refractivity contribution is -0.386. The highest BCUT2D eigenvalue weighted by molar-refractivity contribution is 7.10. The summed E-state index contributed by atoms with van der Waals surface area (Å²) >= 11 is 7.55. The van der Waals surface area contributed by atoms with Crippen LogP contribution in [-0.2, 0) is 0 Å². The average molecular weight is 354 g/mol. The minimum atomic E-state index is -0.464. The third kappa shape index (κ3) is 3.18. The molecule has 0 saturated carbocycles. The van der Waals surface area contributed by atoms with Crippen molar-refractivity contribution in [2.45, 2.75) is 6.04 Å². The van der Waals surface area contributed by atoms with Crippen molar-refractivity contribution >= 4 is 28.6 Å². The van der Waals surface area contributed by atoms with Crippen LogP contribution >= 0.6 is 22.9 Å². The van der Waals surface area contributed by atoms with Crippen LogP contribution in [-0.4, -0.2) is 41.1 Å². The fraction of sp³-hybridized carbons (Fsp3) is 0.333. The molecule has 2 aromatic rings. The number of nitro groups is 1. The van der Waals surface area contributed by atoms with E-state index in [2.05, 4.69) is 10.2 Å². The second-order valence-corrected chi connectivity index (χ2v) is 6.68. The SMILES string of the molecule is O=[N+]([O-])c1ccc(Cl)c(O)c1[C@@H](c1cccs1)N1CCNCC1. The Bertz CT molecular complexity index is 702. The Morgan fingerprint density at radius 2 is 2.09 bits per heavy atom. The van der Waals surface area contributed by atoms with E-state index in [9.17, 15) is 15.2 Å². The highest BCUT2D eigenvalue weighted by Gasteiger charge is 2.34. The van der Waals surface area contributed by atoms with Gasteiger partial charge in [0.2, 0.25) is 0 Å². The number of piperazine rings is 1. The number of thiophene rings is 1. The van der Waals surface area contributed by atoms with Crippen molar-refractivity contribution in [2.75, 3.05) is 26.2 Å². The van der Waals surface area contributed by atoms with E-state index in [4.69, 9.17) is 11.6 Å². The number of hydrogen-bond donors (Lipinski definition) is 2. The van der Waals surface area contributed by atoms with Crippen LogP contribution in [0.3, 0.4) is 0 Å². The third-order valence-corrected chi connectivity index (χ3v) is 5.17. The Hall–Kier alpha value is -1.67. The van der Waals surface area contributed by atoms with Gasteiger partial charge in [-0.25, -0.2) is 0 Å².